The first-order valence-electron chi connectivity index (χ1n) is 4.33. The molecule has 0 aromatic rings. The molecule has 0 saturated carbocycles. The third kappa shape index (κ3) is 2.31. The fourth-order valence-corrected chi connectivity index (χ4v) is 2.68. The van der Waals surface area contributed by atoms with Gasteiger partial charge in [-0.25, -0.2) is 4.31 Å². The van der Waals surface area contributed by atoms with Gasteiger partial charge >= 0.3 is 0 Å². The molecule has 5 heteroatoms. The van der Waals surface area contributed by atoms with Gasteiger partial charge in [0.25, 0.3) is 0 Å². The maximum atomic E-state index is 4.50. The molecule has 0 radical (unpaired) electrons. The summed E-state index contributed by atoms with van der Waals surface area (Å²) in [6.45, 7) is 1.07. The van der Waals surface area contributed by atoms with Crippen molar-refractivity contribution in [3.8, 4) is 0 Å². The van der Waals surface area contributed by atoms with Crippen molar-refractivity contribution in [2.75, 3.05) is 34.7 Å². The molecular weight excluding hydrogens is 297 g/mol. The van der Waals surface area contributed by atoms with E-state index in [1.807, 2.05) is 0 Å². The van der Waals surface area contributed by atoms with Gasteiger partial charge in [-0.05, 0) is 41.0 Å². The molecule has 1 rings (SSSR count). The van der Waals surface area contributed by atoms with E-state index in [4.69, 9.17) is 0 Å². The lowest BCUT2D eigenvalue weighted by molar-refractivity contribution is -0.0591. The first-order chi connectivity index (χ1) is 5.51. The largest absolute Gasteiger partial charge is 0.278 e. The van der Waals surface area contributed by atoms with E-state index in [-0.39, 0.29) is 29.8 Å². The molecule has 0 bridgehead atoms. The van der Waals surface area contributed by atoms with Gasteiger partial charge < -0.3 is 0 Å². The highest BCUT2D eigenvalue weighted by Gasteiger charge is 2.43. The van der Waals surface area contributed by atoms with E-state index in [1.165, 1.54) is 6.42 Å². The molecule has 3 nitrogen and oxygen atoms in total. The van der Waals surface area contributed by atoms with Crippen LogP contribution in [0.3, 0.4) is 0 Å². The quantitative estimate of drug-likeness (QED) is 0.468. The molecule has 0 spiro atoms. The molecule has 1 aliphatic rings. The SMILES string of the molecule is CN(C)C1(N(C)C)CCCN1S.I. The van der Waals surface area contributed by atoms with E-state index in [9.17, 15) is 0 Å². The minimum atomic E-state index is 0. The fourth-order valence-electron chi connectivity index (χ4n) is 2.08. The Kier molecular flexibility index (Phi) is 5.54. The summed E-state index contributed by atoms with van der Waals surface area (Å²) in [7, 11) is 8.42. The van der Waals surface area contributed by atoms with Crippen molar-refractivity contribution in [2.45, 2.75) is 18.6 Å². The molecule has 80 valence electrons. The number of thiol groups is 1. The van der Waals surface area contributed by atoms with Gasteiger partial charge in [-0.15, -0.1) is 24.0 Å². The van der Waals surface area contributed by atoms with E-state index in [1.54, 1.807) is 0 Å². The molecule has 0 unspecified atom stereocenters. The average molecular weight is 317 g/mol. The predicted molar refractivity (Wildman–Crippen MR) is 70.4 cm³/mol. The van der Waals surface area contributed by atoms with Gasteiger partial charge in [-0.3, -0.25) is 9.80 Å². The van der Waals surface area contributed by atoms with Gasteiger partial charge in [0.15, 0.2) is 0 Å². The Labute approximate surface area is 104 Å². The van der Waals surface area contributed by atoms with Gasteiger partial charge in [0.2, 0.25) is 0 Å². The first-order valence-corrected chi connectivity index (χ1v) is 4.73. The summed E-state index contributed by atoms with van der Waals surface area (Å²) >= 11 is 4.50. The molecule has 0 N–H and O–H groups in total. The number of nitrogens with zero attached hydrogens (tertiary/aromatic N) is 3. The number of hydrogen-bond acceptors (Lipinski definition) is 4. The Morgan fingerprint density at radius 1 is 1.15 bits per heavy atom. The zero-order valence-corrected chi connectivity index (χ0v) is 12.0. The Balaban J connectivity index is 0.00000144. The third-order valence-corrected chi connectivity index (χ3v) is 3.25. The Bertz CT molecular complexity index is 155. The van der Waals surface area contributed by atoms with Crippen LogP contribution in [-0.4, -0.2) is 54.6 Å². The van der Waals surface area contributed by atoms with Crippen LogP contribution in [0.25, 0.3) is 0 Å². The normalized spacial score (nSPS) is 22.4. The lowest BCUT2D eigenvalue weighted by Crippen LogP contribution is -2.60. The standard InChI is InChI=1S/C8H19N3S.HI/c1-9(2)8(10(3)4)6-5-7-11(8)12;/h12H,5-7H2,1-4H3;1H. The number of halogens is 1. The van der Waals surface area contributed by atoms with Gasteiger partial charge in [0.05, 0.1) is 0 Å². The number of rotatable bonds is 2. The lowest BCUT2D eigenvalue weighted by atomic mass is 10.2. The van der Waals surface area contributed by atoms with Crippen LogP contribution in [0.5, 0.6) is 0 Å². The van der Waals surface area contributed by atoms with Crippen molar-refractivity contribution in [3.05, 3.63) is 0 Å². The second-order valence-corrected chi connectivity index (χ2v) is 4.27. The van der Waals surface area contributed by atoms with E-state index in [2.05, 4.69) is 55.1 Å². The van der Waals surface area contributed by atoms with Crippen molar-refractivity contribution in [1.82, 2.24) is 14.1 Å². The molecule has 13 heavy (non-hydrogen) atoms. The molecule has 0 aromatic heterocycles. The van der Waals surface area contributed by atoms with E-state index in [0.29, 0.717) is 0 Å². The molecule has 0 aromatic carbocycles. The topological polar surface area (TPSA) is 9.72 Å². The second-order valence-electron chi connectivity index (χ2n) is 3.79. The minimum Gasteiger partial charge on any atom is -0.278 e. The monoisotopic (exact) mass is 317 g/mol. The highest BCUT2D eigenvalue weighted by Crippen LogP contribution is 2.33. The molecule has 1 aliphatic heterocycles. The fraction of sp³-hybridized carbons (Fsp3) is 1.00. The molecule has 0 aliphatic carbocycles. The van der Waals surface area contributed by atoms with Crippen LogP contribution in [0.15, 0.2) is 0 Å². The van der Waals surface area contributed by atoms with E-state index < -0.39 is 0 Å². The van der Waals surface area contributed by atoms with Crippen molar-refractivity contribution < 1.29 is 0 Å². The summed E-state index contributed by atoms with van der Waals surface area (Å²) in [5.41, 5.74) is 0. The second kappa shape index (κ2) is 5.16. The van der Waals surface area contributed by atoms with Crippen LogP contribution in [0.1, 0.15) is 12.8 Å². The van der Waals surface area contributed by atoms with Crippen LogP contribution in [-0.2, 0) is 0 Å². The summed E-state index contributed by atoms with van der Waals surface area (Å²) in [6.07, 6.45) is 2.39. The maximum absolute atomic E-state index is 4.50. The smallest absolute Gasteiger partial charge is 0.139 e. The van der Waals surface area contributed by atoms with Crippen molar-refractivity contribution in [1.29, 1.82) is 0 Å². The van der Waals surface area contributed by atoms with Crippen LogP contribution in [0, 0.1) is 0 Å². The maximum Gasteiger partial charge on any atom is 0.139 e. The highest BCUT2D eigenvalue weighted by molar-refractivity contribution is 14.0. The average Bonchev–Trinajstić information content (AvgIpc) is 2.31. The Hall–Kier alpha value is 0.960. The summed E-state index contributed by atoms with van der Waals surface area (Å²) in [6, 6.07) is 0. The number of hydrogen-bond donors (Lipinski definition) is 1. The molecule has 1 saturated heterocycles. The Morgan fingerprint density at radius 3 is 1.77 bits per heavy atom. The lowest BCUT2D eigenvalue weighted by Gasteiger charge is -2.46. The van der Waals surface area contributed by atoms with Crippen molar-refractivity contribution >= 4 is 36.8 Å². The highest BCUT2D eigenvalue weighted by atomic mass is 127. The third-order valence-electron chi connectivity index (χ3n) is 2.73. The summed E-state index contributed by atoms with van der Waals surface area (Å²) in [5.74, 6) is 0.0170. The summed E-state index contributed by atoms with van der Waals surface area (Å²) < 4.78 is 2.12. The van der Waals surface area contributed by atoms with E-state index >= 15 is 0 Å². The molecular formula is C8H20IN3S. The molecule has 1 heterocycles. The molecule has 0 atom stereocenters. The van der Waals surface area contributed by atoms with Crippen molar-refractivity contribution in [3.63, 3.8) is 0 Å². The molecule has 0 amide bonds. The van der Waals surface area contributed by atoms with E-state index in [0.717, 1.165) is 13.0 Å². The Morgan fingerprint density at radius 2 is 1.62 bits per heavy atom. The van der Waals surface area contributed by atoms with Gasteiger partial charge in [0, 0.05) is 6.54 Å². The van der Waals surface area contributed by atoms with Crippen LogP contribution in [0.4, 0.5) is 0 Å². The van der Waals surface area contributed by atoms with Crippen molar-refractivity contribution in [2.24, 2.45) is 0 Å². The van der Waals surface area contributed by atoms with Crippen LogP contribution >= 0.6 is 36.8 Å². The predicted octanol–water partition coefficient (Wildman–Crippen LogP) is 1.32. The van der Waals surface area contributed by atoms with Gasteiger partial charge in [0.1, 0.15) is 5.79 Å². The minimum absolute atomic E-state index is 0. The zero-order valence-electron chi connectivity index (χ0n) is 8.82. The molecule has 1 fully saturated rings. The first kappa shape index (κ1) is 14.0. The van der Waals surface area contributed by atoms with Gasteiger partial charge in [-0.1, -0.05) is 12.8 Å². The zero-order chi connectivity index (χ0) is 9.35. The summed E-state index contributed by atoms with van der Waals surface area (Å²) in [5, 5.41) is 0. The van der Waals surface area contributed by atoms with Crippen LogP contribution < -0.4 is 0 Å². The van der Waals surface area contributed by atoms with Crippen LogP contribution in [0.2, 0.25) is 0 Å². The van der Waals surface area contributed by atoms with Gasteiger partial charge in [-0.2, -0.15) is 0 Å². The summed E-state index contributed by atoms with van der Waals surface area (Å²) in [4.78, 5) is 4.46.